The fourth-order valence-electron chi connectivity index (χ4n) is 2.09. The van der Waals surface area contributed by atoms with E-state index < -0.39 is 27.1 Å². The maximum Gasteiger partial charge on any atom is 0.287 e. The van der Waals surface area contributed by atoms with Gasteiger partial charge >= 0.3 is 0 Å². The number of carbonyl (C=O) groups excluding carboxylic acids is 1. The summed E-state index contributed by atoms with van der Waals surface area (Å²) >= 11 is 0. The van der Waals surface area contributed by atoms with Gasteiger partial charge in [-0.1, -0.05) is 13.8 Å². The van der Waals surface area contributed by atoms with Crippen LogP contribution in [0.15, 0.2) is 21.6 Å². The second-order valence-electron chi connectivity index (χ2n) is 8.09. The molecule has 144 valence electrons. The molecule has 7 nitrogen and oxygen atoms in total. The Kier molecular flexibility index (Phi) is 6.83. The van der Waals surface area contributed by atoms with Crippen LogP contribution < -0.4 is 10.0 Å². The Balaban J connectivity index is 2.71. The molecule has 1 aromatic rings. The van der Waals surface area contributed by atoms with Crippen molar-refractivity contribution >= 4 is 15.9 Å². The predicted molar refractivity (Wildman–Crippen MR) is 95.8 cm³/mol. The molecule has 1 amide bonds. The van der Waals surface area contributed by atoms with Crippen LogP contribution in [0.1, 0.15) is 64.9 Å². The number of carbonyl (C=O) groups is 1. The van der Waals surface area contributed by atoms with Crippen molar-refractivity contribution in [2.24, 2.45) is 5.92 Å². The third-order valence-corrected chi connectivity index (χ3v) is 5.03. The Morgan fingerprint density at radius 2 is 1.84 bits per heavy atom. The molecule has 0 aliphatic rings. The summed E-state index contributed by atoms with van der Waals surface area (Å²) < 4.78 is 32.0. The van der Waals surface area contributed by atoms with Gasteiger partial charge in [0.05, 0.1) is 5.60 Å². The lowest BCUT2D eigenvalue weighted by Crippen LogP contribution is -2.41. The first-order valence-corrected chi connectivity index (χ1v) is 9.85. The van der Waals surface area contributed by atoms with Gasteiger partial charge in [0, 0.05) is 12.1 Å². The maximum absolute atomic E-state index is 12.2. The largest absolute Gasteiger partial charge is 0.438 e. The SMILES string of the molecule is CC(C)CCC(C)(O)CNC(=O)c1ccc(S(=O)(=O)NC(C)(C)C)o1. The average Bonchev–Trinajstić information content (AvgIpc) is 2.91. The zero-order valence-electron chi connectivity index (χ0n) is 15.8. The van der Waals surface area contributed by atoms with Crippen molar-refractivity contribution < 1.29 is 22.7 Å². The monoisotopic (exact) mass is 374 g/mol. The fraction of sp³-hybridized carbons (Fsp3) is 0.706. The first kappa shape index (κ1) is 21.7. The van der Waals surface area contributed by atoms with Gasteiger partial charge in [-0.2, -0.15) is 0 Å². The van der Waals surface area contributed by atoms with E-state index in [0.717, 1.165) is 6.42 Å². The van der Waals surface area contributed by atoms with E-state index in [9.17, 15) is 18.3 Å². The first-order valence-electron chi connectivity index (χ1n) is 8.36. The van der Waals surface area contributed by atoms with E-state index in [1.165, 1.54) is 12.1 Å². The Labute approximate surface area is 150 Å². The van der Waals surface area contributed by atoms with Gasteiger partial charge in [-0.05, 0) is 58.6 Å². The average molecular weight is 375 g/mol. The van der Waals surface area contributed by atoms with Crippen LogP contribution in [0.25, 0.3) is 0 Å². The highest BCUT2D eigenvalue weighted by molar-refractivity contribution is 7.89. The topological polar surface area (TPSA) is 109 Å². The molecule has 0 aromatic carbocycles. The number of nitrogens with one attached hydrogen (secondary N) is 2. The highest BCUT2D eigenvalue weighted by Gasteiger charge is 2.27. The molecule has 0 saturated carbocycles. The molecule has 25 heavy (non-hydrogen) atoms. The van der Waals surface area contributed by atoms with Crippen LogP contribution in [0.4, 0.5) is 0 Å². The van der Waals surface area contributed by atoms with Gasteiger partial charge in [-0.15, -0.1) is 0 Å². The van der Waals surface area contributed by atoms with Crippen LogP contribution in [-0.4, -0.2) is 37.1 Å². The normalized spacial score (nSPS) is 15.2. The van der Waals surface area contributed by atoms with Crippen molar-refractivity contribution in [1.82, 2.24) is 10.0 Å². The van der Waals surface area contributed by atoms with Crippen molar-refractivity contribution in [3.05, 3.63) is 17.9 Å². The van der Waals surface area contributed by atoms with Gasteiger partial charge in [0.15, 0.2) is 5.76 Å². The van der Waals surface area contributed by atoms with Crippen LogP contribution in [0.5, 0.6) is 0 Å². The van der Waals surface area contributed by atoms with Crippen LogP contribution in [0, 0.1) is 5.92 Å². The number of hydrogen-bond acceptors (Lipinski definition) is 5. The van der Waals surface area contributed by atoms with E-state index in [-0.39, 0.29) is 17.4 Å². The molecule has 3 N–H and O–H groups in total. The van der Waals surface area contributed by atoms with Crippen LogP contribution in [0.2, 0.25) is 0 Å². The summed E-state index contributed by atoms with van der Waals surface area (Å²) in [6.45, 7) is 11.0. The summed E-state index contributed by atoms with van der Waals surface area (Å²) in [5.74, 6) is -0.230. The van der Waals surface area contributed by atoms with E-state index in [2.05, 4.69) is 23.9 Å². The van der Waals surface area contributed by atoms with Crippen LogP contribution >= 0.6 is 0 Å². The van der Waals surface area contributed by atoms with Crippen LogP contribution in [0.3, 0.4) is 0 Å². The second kappa shape index (κ2) is 7.88. The number of furan rings is 1. The molecule has 0 fully saturated rings. The standard InChI is InChI=1S/C17H30N2O5S/c1-12(2)9-10-17(6,21)11-18-15(20)13-7-8-14(24-13)25(22,23)19-16(3,4)5/h7-8,12,19,21H,9-11H2,1-6H3,(H,18,20). The molecule has 0 bridgehead atoms. The molecular formula is C17H30N2O5S. The van der Waals surface area contributed by atoms with Gasteiger partial charge in [0.2, 0.25) is 5.09 Å². The second-order valence-corrected chi connectivity index (χ2v) is 9.70. The Morgan fingerprint density at radius 1 is 1.24 bits per heavy atom. The van der Waals surface area contributed by atoms with E-state index in [1.807, 2.05) is 0 Å². The predicted octanol–water partition coefficient (Wildman–Crippen LogP) is 2.27. The van der Waals surface area contributed by atoms with Crippen LogP contribution in [-0.2, 0) is 10.0 Å². The van der Waals surface area contributed by atoms with Gasteiger partial charge < -0.3 is 14.8 Å². The summed E-state index contributed by atoms with van der Waals surface area (Å²) in [5, 5.41) is 12.5. The summed E-state index contributed by atoms with van der Waals surface area (Å²) in [5.41, 5.74) is -1.70. The lowest BCUT2D eigenvalue weighted by Gasteiger charge is -2.24. The zero-order valence-corrected chi connectivity index (χ0v) is 16.7. The molecule has 0 aliphatic heterocycles. The number of sulfonamides is 1. The highest BCUT2D eigenvalue weighted by atomic mass is 32.2. The third-order valence-electron chi connectivity index (χ3n) is 3.40. The molecule has 0 saturated heterocycles. The fourth-order valence-corrected chi connectivity index (χ4v) is 3.44. The Bertz CT molecular complexity index is 684. The van der Waals surface area contributed by atoms with Crippen molar-refractivity contribution in [2.45, 2.75) is 70.6 Å². The summed E-state index contributed by atoms with van der Waals surface area (Å²) in [6, 6.07) is 2.54. The first-order chi connectivity index (χ1) is 11.2. The Hall–Kier alpha value is -1.38. The smallest absolute Gasteiger partial charge is 0.287 e. The molecule has 0 aliphatic carbocycles. The van der Waals surface area contributed by atoms with E-state index >= 15 is 0 Å². The lowest BCUT2D eigenvalue weighted by molar-refractivity contribution is 0.0423. The molecule has 1 rings (SSSR count). The van der Waals surface area contributed by atoms with E-state index in [4.69, 9.17) is 4.42 Å². The minimum Gasteiger partial charge on any atom is -0.438 e. The highest BCUT2D eigenvalue weighted by Crippen LogP contribution is 2.18. The maximum atomic E-state index is 12.2. The molecule has 1 aromatic heterocycles. The van der Waals surface area contributed by atoms with Gasteiger partial charge in [-0.25, -0.2) is 13.1 Å². The third kappa shape index (κ3) is 7.58. The van der Waals surface area contributed by atoms with Crippen molar-refractivity contribution in [3.8, 4) is 0 Å². The molecular weight excluding hydrogens is 344 g/mol. The van der Waals surface area contributed by atoms with Gasteiger partial charge in [0.1, 0.15) is 0 Å². The number of hydrogen-bond donors (Lipinski definition) is 3. The number of aliphatic hydroxyl groups is 1. The zero-order chi connectivity index (χ0) is 19.5. The minimum absolute atomic E-state index is 0.0571. The molecule has 1 heterocycles. The molecule has 1 unspecified atom stereocenters. The summed E-state index contributed by atoms with van der Waals surface area (Å²) in [6.07, 6.45) is 1.39. The molecule has 0 spiro atoms. The molecule has 1 atom stereocenters. The van der Waals surface area contributed by atoms with Gasteiger partial charge in [0.25, 0.3) is 15.9 Å². The Morgan fingerprint density at radius 3 is 2.36 bits per heavy atom. The van der Waals surface area contributed by atoms with Crippen molar-refractivity contribution in [3.63, 3.8) is 0 Å². The number of rotatable bonds is 8. The van der Waals surface area contributed by atoms with E-state index in [1.54, 1.807) is 27.7 Å². The molecule has 0 radical (unpaired) electrons. The van der Waals surface area contributed by atoms with E-state index in [0.29, 0.717) is 12.3 Å². The minimum atomic E-state index is -3.84. The summed E-state index contributed by atoms with van der Waals surface area (Å²) in [7, 11) is -3.84. The van der Waals surface area contributed by atoms with Crippen molar-refractivity contribution in [1.29, 1.82) is 0 Å². The number of amides is 1. The van der Waals surface area contributed by atoms with Gasteiger partial charge in [-0.3, -0.25) is 4.79 Å². The summed E-state index contributed by atoms with van der Waals surface area (Å²) in [4.78, 5) is 12.1. The van der Waals surface area contributed by atoms with Crippen molar-refractivity contribution in [2.75, 3.05) is 6.54 Å². The molecule has 8 heteroatoms. The quantitative estimate of drug-likeness (QED) is 0.647. The lowest BCUT2D eigenvalue weighted by atomic mass is 9.95.